The first-order chi connectivity index (χ1) is 27.6. The highest BCUT2D eigenvalue weighted by molar-refractivity contribution is 6.09. The molecule has 10 nitrogen and oxygen atoms in total. The van der Waals surface area contributed by atoms with Crippen LogP contribution in [-0.2, 0) is 12.8 Å². The van der Waals surface area contributed by atoms with E-state index in [4.69, 9.17) is 18.9 Å². The molecule has 0 bridgehead atoms. The minimum atomic E-state index is 0.421. The van der Waals surface area contributed by atoms with E-state index in [0.29, 0.717) is 64.0 Å². The molecule has 8 rings (SSSR count). The van der Waals surface area contributed by atoms with Gasteiger partial charge in [0.1, 0.15) is 47.2 Å². The van der Waals surface area contributed by atoms with Crippen molar-refractivity contribution in [3.63, 3.8) is 0 Å². The molecule has 286 valence electrons. The molecule has 0 aliphatic heterocycles. The Kier molecular flexibility index (Phi) is 10.5. The van der Waals surface area contributed by atoms with Gasteiger partial charge < -0.3 is 18.9 Å². The van der Waals surface area contributed by atoms with E-state index in [1.165, 1.54) is 12.7 Å². The summed E-state index contributed by atoms with van der Waals surface area (Å²) in [4.78, 5) is 22.0. The molecule has 0 amide bonds. The first kappa shape index (κ1) is 37.1. The minimum Gasteiger partial charge on any atom is -0.457 e. The number of nitrogens with zero attached hydrogens (tertiary/aromatic N) is 6. The topological polar surface area (TPSA) is 106 Å². The summed E-state index contributed by atoms with van der Waals surface area (Å²) < 4.78 is 27.8. The third-order valence-corrected chi connectivity index (χ3v) is 9.40. The zero-order chi connectivity index (χ0) is 39.5. The Bertz CT molecular complexity index is 2530. The van der Waals surface area contributed by atoms with Crippen molar-refractivity contribution >= 4 is 21.8 Å². The van der Waals surface area contributed by atoms with Crippen molar-refractivity contribution in [1.82, 2.24) is 29.5 Å². The van der Waals surface area contributed by atoms with Gasteiger partial charge in [-0.15, -0.1) is 0 Å². The summed E-state index contributed by atoms with van der Waals surface area (Å²) in [6.45, 7) is 12.8. The van der Waals surface area contributed by atoms with Crippen LogP contribution in [0.15, 0.2) is 122 Å². The maximum absolute atomic E-state index is 6.71. The van der Waals surface area contributed by atoms with E-state index in [1.54, 1.807) is 12.4 Å². The predicted molar refractivity (Wildman–Crippen MR) is 222 cm³/mol. The van der Waals surface area contributed by atoms with Crippen molar-refractivity contribution in [3.05, 3.63) is 144 Å². The van der Waals surface area contributed by atoms with Crippen LogP contribution in [-0.4, -0.2) is 29.5 Å². The molecule has 4 aromatic heterocycles. The van der Waals surface area contributed by atoms with Crippen LogP contribution in [0.25, 0.3) is 27.8 Å². The lowest BCUT2D eigenvalue weighted by Crippen LogP contribution is -2.01. The molecule has 0 saturated heterocycles. The van der Waals surface area contributed by atoms with Gasteiger partial charge in [0.2, 0.25) is 17.7 Å². The Balaban J connectivity index is 1.18. The fraction of sp³-hybridized carbons (Fsp3) is 0.213. The molecule has 0 N–H and O–H groups in total. The second kappa shape index (κ2) is 16.1. The molecule has 0 atom stereocenters. The molecule has 0 unspecified atom stereocenters. The monoisotopic (exact) mass is 756 g/mol. The van der Waals surface area contributed by atoms with Gasteiger partial charge >= 0.3 is 0 Å². The first-order valence-corrected chi connectivity index (χ1v) is 19.2. The van der Waals surface area contributed by atoms with Gasteiger partial charge in [-0.2, -0.15) is 0 Å². The second-order valence-corrected chi connectivity index (χ2v) is 15.1. The van der Waals surface area contributed by atoms with Crippen molar-refractivity contribution in [2.24, 2.45) is 11.8 Å². The molecule has 0 saturated carbocycles. The maximum atomic E-state index is 6.71. The van der Waals surface area contributed by atoms with Gasteiger partial charge in [0, 0.05) is 59.6 Å². The zero-order valence-corrected chi connectivity index (χ0v) is 32.9. The average molecular weight is 757 g/mol. The van der Waals surface area contributed by atoms with E-state index >= 15 is 0 Å². The van der Waals surface area contributed by atoms with Crippen LogP contribution in [0, 0.1) is 25.7 Å². The zero-order valence-electron chi connectivity index (χ0n) is 32.9. The van der Waals surface area contributed by atoms with E-state index in [1.807, 2.05) is 91.2 Å². The van der Waals surface area contributed by atoms with Gasteiger partial charge in [-0.1, -0.05) is 39.8 Å². The molecular formula is C47H44N6O4. The molecule has 57 heavy (non-hydrogen) atoms. The van der Waals surface area contributed by atoms with Crippen LogP contribution in [0.5, 0.6) is 46.3 Å². The highest BCUT2D eigenvalue weighted by Gasteiger charge is 2.19. The fourth-order valence-electron chi connectivity index (χ4n) is 6.90. The molecular weight excluding hydrogens is 713 g/mol. The lowest BCUT2D eigenvalue weighted by molar-refractivity contribution is 0.443. The number of ether oxygens (including phenoxy) is 4. The largest absolute Gasteiger partial charge is 0.457 e. The summed E-state index contributed by atoms with van der Waals surface area (Å²) in [5, 5.41) is 2.02. The number of hydrogen-bond donors (Lipinski definition) is 0. The molecule has 0 radical (unpaired) electrons. The van der Waals surface area contributed by atoms with Gasteiger partial charge in [-0.25, -0.2) is 24.9 Å². The average Bonchev–Trinajstić information content (AvgIpc) is 3.49. The SMILES string of the molecule is Cc1ccnc(Oc2ccc(CC(C)C)c(Oc3ccc4c5ccc(Oc6cc(Oc7cc(C)ccn7)ccc6CC(C)C)cc5n(-c5ncncn5)c4c3)c2)c1. The Morgan fingerprint density at radius 2 is 0.930 bits per heavy atom. The van der Waals surface area contributed by atoms with Crippen LogP contribution >= 0.6 is 0 Å². The summed E-state index contributed by atoms with van der Waals surface area (Å²) in [7, 11) is 0. The smallest absolute Gasteiger partial charge is 0.237 e. The van der Waals surface area contributed by atoms with Gasteiger partial charge in [0.05, 0.1) is 11.0 Å². The van der Waals surface area contributed by atoms with Crippen LogP contribution in [0.2, 0.25) is 0 Å². The van der Waals surface area contributed by atoms with E-state index in [2.05, 4.69) is 76.9 Å². The Morgan fingerprint density at radius 1 is 0.491 bits per heavy atom. The number of aromatic nitrogens is 6. The van der Waals surface area contributed by atoms with E-state index in [9.17, 15) is 0 Å². The van der Waals surface area contributed by atoms with Crippen LogP contribution < -0.4 is 18.9 Å². The maximum Gasteiger partial charge on any atom is 0.237 e. The number of benzene rings is 4. The van der Waals surface area contributed by atoms with E-state index in [-0.39, 0.29) is 0 Å². The Labute approximate surface area is 332 Å². The molecule has 4 aromatic carbocycles. The standard InChI is InChI=1S/C47H44N6O4/c1-29(2)19-33-7-9-37(56-45-21-31(5)15-17-49-45)25-43(33)54-35-11-13-39-40-14-12-36(24-42(40)53(41(39)23-35)47-51-27-48-28-52-47)55-44-26-38(10-8-34(44)20-30(3)4)57-46-22-32(6)16-18-50-46/h7-18,21-30H,19-20H2,1-6H3. The Hall–Kier alpha value is -6.81. The molecule has 10 heteroatoms. The van der Waals surface area contributed by atoms with Crippen molar-refractivity contribution in [2.45, 2.75) is 54.4 Å². The predicted octanol–water partition coefficient (Wildman–Crippen LogP) is 11.9. The first-order valence-electron chi connectivity index (χ1n) is 19.2. The summed E-state index contributed by atoms with van der Waals surface area (Å²) >= 11 is 0. The van der Waals surface area contributed by atoms with Gasteiger partial charge in [-0.3, -0.25) is 4.57 Å². The van der Waals surface area contributed by atoms with Crippen LogP contribution in [0.4, 0.5) is 0 Å². The number of rotatable bonds is 13. The summed E-state index contributed by atoms with van der Waals surface area (Å²) in [6, 6.07) is 31.8. The summed E-state index contributed by atoms with van der Waals surface area (Å²) in [5.41, 5.74) is 6.04. The molecule has 4 heterocycles. The van der Waals surface area contributed by atoms with Crippen LogP contribution in [0.3, 0.4) is 0 Å². The molecule has 0 spiro atoms. The van der Waals surface area contributed by atoms with Crippen molar-refractivity contribution in [2.75, 3.05) is 0 Å². The highest BCUT2D eigenvalue weighted by atomic mass is 16.5. The van der Waals surface area contributed by atoms with Gasteiger partial charge in [0.25, 0.3) is 0 Å². The molecule has 0 aliphatic rings. The van der Waals surface area contributed by atoms with Gasteiger partial charge in [-0.05, 0) is 109 Å². The fourth-order valence-corrected chi connectivity index (χ4v) is 6.90. The van der Waals surface area contributed by atoms with Crippen LogP contribution in [0.1, 0.15) is 49.9 Å². The minimum absolute atomic E-state index is 0.421. The van der Waals surface area contributed by atoms with Gasteiger partial charge in [0.15, 0.2) is 0 Å². The van der Waals surface area contributed by atoms with E-state index < -0.39 is 0 Å². The summed E-state index contributed by atoms with van der Waals surface area (Å²) in [5.74, 6) is 6.41. The normalized spacial score (nSPS) is 11.4. The second-order valence-electron chi connectivity index (χ2n) is 15.1. The lowest BCUT2D eigenvalue weighted by atomic mass is 10.0. The van der Waals surface area contributed by atoms with Crippen molar-refractivity contribution in [1.29, 1.82) is 0 Å². The summed E-state index contributed by atoms with van der Waals surface area (Å²) in [6.07, 6.45) is 8.16. The quantitative estimate of drug-likeness (QED) is 0.114. The molecule has 0 aliphatic carbocycles. The number of fused-ring (bicyclic) bond motifs is 3. The molecule has 8 aromatic rings. The molecule has 0 fully saturated rings. The third kappa shape index (κ3) is 8.55. The lowest BCUT2D eigenvalue weighted by Gasteiger charge is -2.15. The van der Waals surface area contributed by atoms with Crippen molar-refractivity contribution < 1.29 is 18.9 Å². The van der Waals surface area contributed by atoms with E-state index in [0.717, 1.165) is 56.9 Å². The number of aryl methyl sites for hydroxylation is 2. The highest BCUT2D eigenvalue weighted by Crippen LogP contribution is 2.40. The number of hydrogen-bond acceptors (Lipinski definition) is 9. The van der Waals surface area contributed by atoms with Crippen molar-refractivity contribution in [3.8, 4) is 52.2 Å². The third-order valence-electron chi connectivity index (χ3n) is 9.40. The Morgan fingerprint density at radius 3 is 1.37 bits per heavy atom. The number of pyridine rings is 2.